The average molecular weight is 385 g/mol. The average Bonchev–Trinajstić information content (AvgIpc) is 2.66. The Morgan fingerprint density at radius 3 is 2.78 bits per heavy atom. The van der Waals surface area contributed by atoms with Gasteiger partial charge in [-0.2, -0.15) is 5.26 Å². The minimum Gasteiger partial charge on any atom is -0.493 e. The van der Waals surface area contributed by atoms with E-state index in [0.29, 0.717) is 5.56 Å². The van der Waals surface area contributed by atoms with Crippen molar-refractivity contribution in [3.8, 4) is 29.9 Å². The molecule has 7 heteroatoms. The van der Waals surface area contributed by atoms with Crippen LogP contribution in [-0.2, 0) is 4.79 Å². The SMILES string of the molecule is C#CCOc1c(Cl)cc(/C=C(/C#N)C(=O)Nc2ccccc2F)cc1OC. The number of terminal acetylenes is 1. The molecule has 0 aromatic heterocycles. The number of halogens is 2. The number of nitrogens with one attached hydrogen (secondary N) is 1. The number of rotatable bonds is 6. The molecule has 0 aliphatic carbocycles. The normalized spacial score (nSPS) is 10.5. The van der Waals surface area contributed by atoms with E-state index in [1.165, 1.54) is 43.5 Å². The Morgan fingerprint density at radius 2 is 2.15 bits per heavy atom. The van der Waals surface area contributed by atoms with Gasteiger partial charge in [-0.05, 0) is 35.9 Å². The van der Waals surface area contributed by atoms with Gasteiger partial charge in [0.25, 0.3) is 5.91 Å². The Labute approximate surface area is 161 Å². The number of ether oxygens (including phenoxy) is 2. The highest BCUT2D eigenvalue weighted by molar-refractivity contribution is 6.32. The first kappa shape index (κ1) is 19.8. The molecule has 2 rings (SSSR count). The van der Waals surface area contributed by atoms with Crippen LogP contribution in [0, 0.1) is 29.5 Å². The molecule has 136 valence electrons. The van der Waals surface area contributed by atoms with Crippen LogP contribution in [0.15, 0.2) is 42.0 Å². The summed E-state index contributed by atoms with van der Waals surface area (Å²) in [6.45, 7) is -0.000241. The Kier molecular flexibility index (Phi) is 6.82. The summed E-state index contributed by atoms with van der Waals surface area (Å²) in [5.74, 6) is 1.49. The van der Waals surface area contributed by atoms with Crippen molar-refractivity contribution in [2.45, 2.75) is 0 Å². The number of nitriles is 1. The highest BCUT2D eigenvalue weighted by Gasteiger charge is 2.15. The van der Waals surface area contributed by atoms with Crippen LogP contribution >= 0.6 is 11.6 Å². The number of carbonyl (C=O) groups is 1. The summed E-state index contributed by atoms with van der Waals surface area (Å²) in [5, 5.41) is 11.8. The Morgan fingerprint density at radius 1 is 1.41 bits per heavy atom. The maximum absolute atomic E-state index is 13.7. The molecule has 0 aliphatic rings. The molecule has 2 aromatic carbocycles. The van der Waals surface area contributed by atoms with Crippen LogP contribution in [-0.4, -0.2) is 19.6 Å². The summed E-state index contributed by atoms with van der Waals surface area (Å²) in [4.78, 5) is 12.3. The summed E-state index contributed by atoms with van der Waals surface area (Å²) in [6.07, 6.45) is 6.46. The second kappa shape index (κ2) is 9.28. The minimum atomic E-state index is -0.759. The summed E-state index contributed by atoms with van der Waals surface area (Å²) in [5.41, 5.74) is 0.149. The zero-order valence-corrected chi connectivity index (χ0v) is 15.0. The van der Waals surface area contributed by atoms with Crippen LogP contribution in [0.1, 0.15) is 5.56 Å². The lowest BCUT2D eigenvalue weighted by molar-refractivity contribution is -0.112. The summed E-state index contributed by atoms with van der Waals surface area (Å²) >= 11 is 6.17. The van der Waals surface area contributed by atoms with Crippen molar-refractivity contribution in [2.24, 2.45) is 0 Å². The minimum absolute atomic E-state index is 0.000241. The molecule has 0 fully saturated rings. The number of nitrogens with zero attached hydrogens (tertiary/aromatic N) is 1. The highest BCUT2D eigenvalue weighted by Crippen LogP contribution is 2.37. The van der Waals surface area contributed by atoms with Gasteiger partial charge in [-0.1, -0.05) is 29.7 Å². The lowest BCUT2D eigenvalue weighted by Crippen LogP contribution is -2.14. The largest absolute Gasteiger partial charge is 0.493 e. The van der Waals surface area contributed by atoms with E-state index in [0.717, 1.165) is 0 Å². The lowest BCUT2D eigenvalue weighted by atomic mass is 10.1. The lowest BCUT2D eigenvalue weighted by Gasteiger charge is -2.12. The number of benzene rings is 2. The van der Waals surface area contributed by atoms with Crippen molar-refractivity contribution in [1.29, 1.82) is 5.26 Å². The number of carbonyl (C=O) groups excluding carboxylic acids is 1. The van der Waals surface area contributed by atoms with Crippen molar-refractivity contribution in [3.05, 3.63) is 58.4 Å². The van der Waals surface area contributed by atoms with Crippen LogP contribution in [0.5, 0.6) is 11.5 Å². The predicted molar refractivity (Wildman–Crippen MR) is 101 cm³/mol. The van der Waals surface area contributed by atoms with Crippen LogP contribution in [0.2, 0.25) is 5.02 Å². The van der Waals surface area contributed by atoms with E-state index in [4.69, 9.17) is 27.5 Å². The van der Waals surface area contributed by atoms with Gasteiger partial charge in [-0.15, -0.1) is 6.42 Å². The molecular weight excluding hydrogens is 371 g/mol. The standard InChI is InChI=1S/C20H14ClFN2O3/c1-3-8-27-19-15(21)10-13(11-18(19)26-2)9-14(12-23)20(25)24-17-7-5-4-6-16(17)22/h1,4-7,9-11H,8H2,2H3,(H,24,25)/b14-9-. The first-order chi connectivity index (χ1) is 13.0. The van der Waals surface area contributed by atoms with Crippen molar-refractivity contribution in [1.82, 2.24) is 0 Å². The molecule has 0 atom stereocenters. The van der Waals surface area contributed by atoms with Gasteiger partial charge in [-0.25, -0.2) is 4.39 Å². The number of para-hydroxylation sites is 1. The monoisotopic (exact) mass is 384 g/mol. The number of anilines is 1. The molecule has 0 unspecified atom stereocenters. The van der Waals surface area contributed by atoms with E-state index in [1.54, 1.807) is 12.1 Å². The highest BCUT2D eigenvalue weighted by atomic mass is 35.5. The van der Waals surface area contributed by atoms with Crippen LogP contribution in [0.25, 0.3) is 6.08 Å². The van der Waals surface area contributed by atoms with Crippen molar-refractivity contribution in [2.75, 3.05) is 19.0 Å². The van der Waals surface area contributed by atoms with Gasteiger partial charge in [0, 0.05) is 0 Å². The van der Waals surface area contributed by atoms with Crippen LogP contribution < -0.4 is 14.8 Å². The topological polar surface area (TPSA) is 71.3 Å². The Hall–Kier alpha value is -3.48. The molecule has 1 N–H and O–H groups in total. The first-order valence-electron chi connectivity index (χ1n) is 7.61. The maximum atomic E-state index is 13.7. The quantitative estimate of drug-likeness (QED) is 0.463. The molecule has 0 heterocycles. The van der Waals surface area contributed by atoms with Crippen LogP contribution in [0.4, 0.5) is 10.1 Å². The second-order valence-corrected chi connectivity index (χ2v) is 5.54. The molecular formula is C20H14ClFN2O3. The fraction of sp³-hybridized carbons (Fsp3) is 0.100. The molecule has 0 spiro atoms. The van der Waals surface area contributed by atoms with E-state index in [2.05, 4.69) is 11.2 Å². The van der Waals surface area contributed by atoms with Crippen molar-refractivity contribution < 1.29 is 18.7 Å². The fourth-order valence-electron chi connectivity index (χ4n) is 2.14. The van der Waals surface area contributed by atoms with Gasteiger partial charge in [0.2, 0.25) is 0 Å². The summed E-state index contributed by atoms with van der Waals surface area (Å²) < 4.78 is 24.2. The molecule has 0 aliphatic heterocycles. The maximum Gasteiger partial charge on any atom is 0.266 e. The number of hydrogen-bond acceptors (Lipinski definition) is 4. The number of methoxy groups -OCH3 is 1. The third-order valence-corrected chi connectivity index (χ3v) is 3.63. The van der Waals surface area contributed by atoms with Gasteiger partial charge in [0.1, 0.15) is 24.1 Å². The van der Waals surface area contributed by atoms with E-state index in [9.17, 15) is 14.4 Å². The zero-order valence-electron chi connectivity index (χ0n) is 14.3. The molecule has 0 bridgehead atoms. The zero-order chi connectivity index (χ0) is 19.8. The molecule has 5 nitrogen and oxygen atoms in total. The third kappa shape index (κ3) is 5.01. The second-order valence-electron chi connectivity index (χ2n) is 5.13. The number of amides is 1. The van der Waals surface area contributed by atoms with Gasteiger partial charge in [0.15, 0.2) is 11.5 Å². The number of hydrogen-bond donors (Lipinski definition) is 1. The molecule has 2 aromatic rings. The van der Waals surface area contributed by atoms with Gasteiger partial charge >= 0.3 is 0 Å². The molecule has 0 saturated carbocycles. The van der Waals surface area contributed by atoms with Crippen molar-refractivity contribution >= 4 is 29.3 Å². The first-order valence-corrected chi connectivity index (χ1v) is 7.99. The summed E-state index contributed by atoms with van der Waals surface area (Å²) in [7, 11) is 1.41. The van der Waals surface area contributed by atoms with Gasteiger partial charge in [0.05, 0.1) is 17.8 Å². The summed E-state index contributed by atoms with van der Waals surface area (Å²) in [6, 6.07) is 10.4. The molecule has 0 radical (unpaired) electrons. The fourth-order valence-corrected chi connectivity index (χ4v) is 2.42. The van der Waals surface area contributed by atoms with Gasteiger partial charge in [-0.3, -0.25) is 4.79 Å². The molecule has 0 saturated heterocycles. The van der Waals surface area contributed by atoms with Crippen molar-refractivity contribution in [3.63, 3.8) is 0 Å². The predicted octanol–water partition coefficient (Wildman–Crippen LogP) is 4.05. The smallest absolute Gasteiger partial charge is 0.266 e. The van der Waals surface area contributed by atoms with E-state index in [1.807, 2.05) is 0 Å². The van der Waals surface area contributed by atoms with Gasteiger partial charge < -0.3 is 14.8 Å². The molecule has 1 amide bonds. The van der Waals surface area contributed by atoms with Crippen LogP contribution in [0.3, 0.4) is 0 Å². The molecule has 27 heavy (non-hydrogen) atoms. The third-order valence-electron chi connectivity index (χ3n) is 3.35. The van der Waals surface area contributed by atoms with E-state index >= 15 is 0 Å². The Balaban J connectivity index is 2.33. The van der Waals surface area contributed by atoms with E-state index < -0.39 is 11.7 Å². The Bertz CT molecular complexity index is 974. The van der Waals surface area contributed by atoms with E-state index in [-0.39, 0.29) is 34.4 Å².